The predicted molar refractivity (Wildman–Crippen MR) is 106 cm³/mol. The Morgan fingerprint density at radius 3 is 2.55 bits per heavy atom. The Labute approximate surface area is 155 Å². The summed E-state index contributed by atoms with van der Waals surface area (Å²) in [4.78, 5) is 11.0. The number of aliphatic imine (C=N–C) groups is 1. The molecule has 1 aromatic rings. The highest BCUT2D eigenvalue weighted by Crippen LogP contribution is 2.20. The van der Waals surface area contributed by atoms with Crippen molar-refractivity contribution in [3.8, 4) is 0 Å². The smallest absolute Gasteiger partial charge is 0.190 e. The van der Waals surface area contributed by atoms with Crippen molar-refractivity contribution in [2.45, 2.75) is 0 Å². The van der Waals surface area contributed by atoms with Gasteiger partial charge in [-0.1, -0.05) is 17.7 Å². The normalized spacial score (nSPS) is 16.3. The van der Waals surface area contributed by atoms with Crippen LogP contribution in [-0.2, 0) is 0 Å². The Hall–Kier alpha value is -0.730. The third-order valence-corrected chi connectivity index (χ3v) is 3.93. The molecule has 22 heavy (non-hydrogen) atoms. The first kappa shape index (κ1) is 19.3. The Balaban J connectivity index is 0.00000242. The number of hydrogen-bond acceptors (Lipinski definition) is 3. The van der Waals surface area contributed by atoms with Crippen molar-refractivity contribution in [1.82, 2.24) is 9.80 Å². The molecule has 1 heterocycles. The van der Waals surface area contributed by atoms with Crippen molar-refractivity contribution in [2.75, 3.05) is 58.3 Å². The molecule has 0 spiro atoms. The van der Waals surface area contributed by atoms with Crippen LogP contribution in [0.3, 0.4) is 0 Å². The SMILES string of the molecule is CN(C)C(N)=NCCN1CCN(c2cccc(Cl)c2)CC1.I. The summed E-state index contributed by atoms with van der Waals surface area (Å²) in [6, 6.07) is 8.06. The molecule has 0 bridgehead atoms. The zero-order chi connectivity index (χ0) is 15.2. The molecule has 0 aromatic heterocycles. The van der Waals surface area contributed by atoms with Gasteiger partial charge in [-0.3, -0.25) is 9.89 Å². The third-order valence-electron chi connectivity index (χ3n) is 3.69. The van der Waals surface area contributed by atoms with Crippen LogP contribution in [0.4, 0.5) is 5.69 Å². The van der Waals surface area contributed by atoms with E-state index in [1.54, 1.807) is 0 Å². The molecule has 0 aliphatic carbocycles. The lowest BCUT2D eigenvalue weighted by molar-refractivity contribution is 0.265. The van der Waals surface area contributed by atoms with Gasteiger partial charge in [0.15, 0.2) is 5.96 Å². The number of guanidine groups is 1. The molecule has 0 unspecified atom stereocenters. The summed E-state index contributed by atoms with van der Waals surface area (Å²) in [6.07, 6.45) is 0. The molecule has 1 fully saturated rings. The van der Waals surface area contributed by atoms with Crippen LogP contribution < -0.4 is 10.6 Å². The quantitative estimate of drug-likeness (QED) is 0.444. The first-order valence-electron chi connectivity index (χ1n) is 7.26. The average Bonchev–Trinajstić information content (AvgIpc) is 2.47. The lowest BCUT2D eigenvalue weighted by Crippen LogP contribution is -2.47. The summed E-state index contributed by atoms with van der Waals surface area (Å²) in [6.45, 7) is 5.84. The van der Waals surface area contributed by atoms with Gasteiger partial charge in [-0.15, -0.1) is 24.0 Å². The van der Waals surface area contributed by atoms with Crippen LogP contribution >= 0.6 is 35.6 Å². The van der Waals surface area contributed by atoms with Crippen LogP contribution in [0.15, 0.2) is 29.3 Å². The average molecular weight is 438 g/mol. The molecule has 5 nitrogen and oxygen atoms in total. The maximum Gasteiger partial charge on any atom is 0.190 e. The largest absolute Gasteiger partial charge is 0.370 e. The lowest BCUT2D eigenvalue weighted by atomic mass is 10.2. The molecular weight excluding hydrogens is 413 g/mol. The van der Waals surface area contributed by atoms with Gasteiger partial charge in [-0.25, -0.2) is 0 Å². The highest BCUT2D eigenvalue weighted by Gasteiger charge is 2.16. The Morgan fingerprint density at radius 1 is 1.27 bits per heavy atom. The third kappa shape index (κ3) is 5.81. The van der Waals surface area contributed by atoms with Crippen molar-refractivity contribution < 1.29 is 0 Å². The highest BCUT2D eigenvalue weighted by molar-refractivity contribution is 14.0. The predicted octanol–water partition coefficient (Wildman–Crippen LogP) is 1.96. The maximum absolute atomic E-state index is 6.05. The van der Waals surface area contributed by atoms with E-state index in [-0.39, 0.29) is 24.0 Å². The number of nitrogens with zero attached hydrogens (tertiary/aromatic N) is 4. The van der Waals surface area contributed by atoms with E-state index in [2.05, 4.69) is 20.9 Å². The van der Waals surface area contributed by atoms with Crippen molar-refractivity contribution in [3.05, 3.63) is 29.3 Å². The molecule has 2 N–H and O–H groups in total. The summed E-state index contributed by atoms with van der Waals surface area (Å²) in [7, 11) is 3.81. The van der Waals surface area contributed by atoms with Crippen LogP contribution in [0.2, 0.25) is 5.02 Å². The van der Waals surface area contributed by atoms with E-state index in [1.165, 1.54) is 5.69 Å². The number of anilines is 1. The Kier molecular flexibility index (Phi) is 8.27. The molecule has 1 saturated heterocycles. The number of hydrogen-bond donors (Lipinski definition) is 1. The van der Waals surface area contributed by atoms with E-state index >= 15 is 0 Å². The molecule has 0 amide bonds. The number of nitrogens with two attached hydrogens (primary N) is 1. The van der Waals surface area contributed by atoms with Crippen LogP contribution in [0.5, 0.6) is 0 Å². The van der Waals surface area contributed by atoms with E-state index in [4.69, 9.17) is 17.3 Å². The molecule has 2 rings (SSSR count). The van der Waals surface area contributed by atoms with E-state index in [0.29, 0.717) is 5.96 Å². The molecule has 0 atom stereocenters. The van der Waals surface area contributed by atoms with Gasteiger partial charge in [-0.05, 0) is 18.2 Å². The van der Waals surface area contributed by atoms with E-state index in [1.807, 2.05) is 37.2 Å². The standard InChI is InChI=1S/C15H24ClN5.HI/c1-19(2)15(17)18-6-7-20-8-10-21(11-9-20)14-5-3-4-13(16)12-14;/h3-5,12H,6-11H2,1-2H3,(H2,17,18);1H. The molecule has 1 aromatic carbocycles. The van der Waals surface area contributed by atoms with Crippen LogP contribution in [0.1, 0.15) is 0 Å². The molecule has 1 aliphatic rings. The number of halogens is 2. The fraction of sp³-hybridized carbons (Fsp3) is 0.533. The van der Waals surface area contributed by atoms with Gasteiger partial charge in [0.2, 0.25) is 0 Å². The zero-order valence-electron chi connectivity index (χ0n) is 13.2. The molecular formula is C15H25ClIN5. The first-order valence-corrected chi connectivity index (χ1v) is 7.64. The summed E-state index contributed by atoms with van der Waals surface area (Å²) in [5.41, 5.74) is 6.99. The van der Waals surface area contributed by atoms with Gasteiger partial charge in [0.05, 0.1) is 6.54 Å². The first-order chi connectivity index (χ1) is 10.1. The van der Waals surface area contributed by atoms with Crippen LogP contribution in [0, 0.1) is 0 Å². The fourth-order valence-electron chi connectivity index (χ4n) is 2.35. The lowest BCUT2D eigenvalue weighted by Gasteiger charge is -2.36. The minimum atomic E-state index is 0. The number of benzene rings is 1. The van der Waals surface area contributed by atoms with Crippen LogP contribution in [0.25, 0.3) is 0 Å². The van der Waals surface area contributed by atoms with Gasteiger partial charge in [0.25, 0.3) is 0 Å². The van der Waals surface area contributed by atoms with E-state index in [0.717, 1.165) is 44.3 Å². The molecule has 7 heteroatoms. The zero-order valence-corrected chi connectivity index (χ0v) is 16.3. The highest BCUT2D eigenvalue weighted by atomic mass is 127. The van der Waals surface area contributed by atoms with E-state index < -0.39 is 0 Å². The van der Waals surface area contributed by atoms with Crippen molar-refractivity contribution in [1.29, 1.82) is 0 Å². The van der Waals surface area contributed by atoms with Crippen molar-refractivity contribution >= 4 is 47.2 Å². The molecule has 1 aliphatic heterocycles. The molecule has 124 valence electrons. The second kappa shape index (κ2) is 9.42. The Morgan fingerprint density at radius 2 is 1.95 bits per heavy atom. The Bertz CT molecular complexity index is 487. The van der Waals surface area contributed by atoms with Crippen molar-refractivity contribution in [2.24, 2.45) is 10.7 Å². The maximum atomic E-state index is 6.05. The van der Waals surface area contributed by atoms with Gasteiger partial charge in [0.1, 0.15) is 0 Å². The number of rotatable bonds is 4. The van der Waals surface area contributed by atoms with E-state index in [9.17, 15) is 0 Å². The summed E-state index contributed by atoms with van der Waals surface area (Å²) < 4.78 is 0. The fourth-order valence-corrected chi connectivity index (χ4v) is 2.53. The minimum Gasteiger partial charge on any atom is -0.370 e. The van der Waals surface area contributed by atoms with Gasteiger partial charge in [-0.2, -0.15) is 0 Å². The molecule has 0 radical (unpaired) electrons. The van der Waals surface area contributed by atoms with Gasteiger partial charge in [0, 0.05) is 57.5 Å². The van der Waals surface area contributed by atoms with Gasteiger partial charge < -0.3 is 15.5 Å². The number of piperazine rings is 1. The summed E-state index contributed by atoms with van der Waals surface area (Å²) in [5, 5.41) is 0.795. The van der Waals surface area contributed by atoms with Crippen LogP contribution in [-0.4, -0.2) is 69.1 Å². The second-order valence-corrected chi connectivity index (χ2v) is 5.88. The monoisotopic (exact) mass is 437 g/mol. The van der Waals surface area contributed by atoms with Gasteiger partial charge >= 0.3 is 0 Å². The topological polar surface area (TPSA) is 48.1 Å². The minimum absolute atomic E-state index is 0. The molecule has 0 saturated carbocycles. The second-order valence-electron chi connectivity index (χ2n) is 5.44. The summed E-state index contributed by atoms with van der Waals surface area (Å²) in [5.74, 6) is 0.590. The summed E-state index contributed by atoms with van der Waals surface area (Å²) >= 11 is 6.05. The van der Waals surface area contributed by atoms with Crippen molar-refractivity contribution in [3.63, 3.8) is 0 Å².